The van der Waals surface area contributed by atoms with Gasteiger partial charge in [-0.1, -0.05) is 42.5 Å². The minimum atomic E-state index is -0.283. The molecule has 3 rings (SSSR count). The second kappa shape index (κ2) is 8.27. The Bertz CT molecular complexity index is 663. The summed E-state index contributed by atoms with van der Waals surface area (Å²) in [4.78, 5) is 14.4. The van der Waals surface area contributed by atoms with Crippen LogP contribution in [0.5, 0.6) is 0 Å². The van der Waals surface area contributed by atoms with Crippen LogP contribution in [-0.2, 0) is 11.2 Å². The SMILES string of the molecule is Cl.NC[C@@H]1CN(C(=O)Cc2ccc(F)cc2)C[C@H]1c1ccccc1. The molecule has 5 heteroatoms. The standard InChI is InChI=1S/C19H21FN2O.ClH/c20-17-8-6-14(7-9-17)10-19(23)22-12-16(11-21)18(13-22)15-4-2-1-3-5-15;/h1-9,16,18H,10-13,21H2;1H/t16-,18+;/m1./s1. The Morgan fingerprint density at radius 3 is 2.38 bits per heavy atom. The molecule has 1 amide bonds. The van der Waals surface area contributed by atoms with Crippen molar-refractivity contribution in [2.75, 3.05) is 19.6 Å². The normalized spacial score (nSPS) is 19.8. The fourth-order valence-corrected chi connectivity index (χ4v) is 3.28. The predicted molar refractivity (Wildman–Crippen MR) is 95.7 cm³/mol. The molecule has 0 spiro atoms. The quantitative estimate of drug-likeness (QED) is 0.923. The monoisotopic (exact) mass is 348 g/mol. The molecule has 2 aromatic carbocycles. The van der Waals surface area contributed by atoms with Gasteiger partial charge in [-0.3, -0.25) is 4.79 Å². The van der Waals surface area contributed by atoms with E-state index in [4.69, 9.17) is 5.73 Å². The van der Waals surface area contributed by atoms with Crippen molar-refractivity contribution in [2.24, 2.45) is 11.7 Å². The summed E-state index contributed by atoms with van der Waals surface area (Å²) in [5, 5.41) is 0. The number of hydrogen-bond acceptors (Lipinski definition) is 2. The number of amides is 1. The van der Waals surface area contributed by atoms with E-state index < -0.39 is 0 Å². The lowest BCUT2D eigenvalue weighted by Crippen LogP contribution is -2.31. The van der Waals surface area contributed by atoms with E-state index >= 15 is 0 Å². The number of nitrogens with zero attached hydrogens (tertiary/aromatic N) is 1. The summed E-state index contributed by atoms with van der Waals surface area (Å²) in [5.41, 5.74) is 7.99. The van der Waals surface area contributed by atoms with Crippen molar-refractivity contribution >= 4 is 18.3 Å². The number of carbonyl (C=O) groups is 1. The molecule has 3 nitrogen and oxygen atoms in total. The Balaban J connectivity index is 0.00000208. The summed E-state index contributed by atoms with van der Waals surface area (Å²) >= 11 is 0. The molecule has 128 valence electrons. The van der Waals surface area contributed by atoms with Crippen molar-refractivity contribution in [1.29, 1.82) is 0 Å². The summed E-state index contributed by atoms with van der Waals surface area (Å²) < 4.78 is 13.0. The van der Waals surface area contributed by atoms with Crippen LogP contribution in [0.3, 0.4) is 0 Å². The number of carbonyl (C=O) groups excluding carboxylic acids is 1. The van der Waals surface area contributed by atoms with Crippen LogP contribution in [0.2, 0.25) is 0 Å². The van der Waals surface area contributed by atoms with E-state index in [0.717, 1.165) is 5.56 Å². The molecule has 1 aliphatic rings. The third-order valence-electron chi connectivity index (χ3n) is 4.59. The van der Waals surface area contributed by atoms with E-state index in [-0.39, 0.29) is 30.0 Å². The molecule has 1 saturated heterocycles. The first-order valence-corrected chi connectivity index (χ1v) is 7.94. The van der Waals surface area contributed by atoms with Crippen LogP contribution in [0.1, 0.15) is 17.0 Å². The first kappa shape index (κ1) is 18.4. The molecular formula is C19H22ClFN2O. The summed E-state index contributed by atoms with van der Waals surface area (Å²) in [6, 6.07) is 16.3. The predicted octanol–water partition coefficient (Wildman–Crippen LogP) is 2.99. The molecule has 0 radical (unpaired) electrons. The van der Waals surface area contributed by atoms with Crippen molar-refractivity contribution in [3.05, 3.63) is 71.5 Å². The number of benzene rings is 2. The second-order valence-corrected chi connectivity index (χ2v) is 6.11. The molecule has 0 aromatic heterocycles. The third kappa shape index (κ3) is 4.13. The number of rotatable bonds is 4. The Morgan fingerprint density at radius 1 is 1.08 bits per heavy atom. The van der Waals surface area contributed by atoms with Gasteiger partial charge in [0, 0.05) is 19.0 Å². The molecule has 0 aliphatic carbocycles. The Morgan fingerprint density at radius 2 is 1.75 bits per heavy atom. The van der Waals surface area contributed by atoms with E-state index in [1.165, 1.54) is 17.7 Å². The number of nitrogens with two attached hydrogens (primary N) is 1. The molecule has 24 heavy (non-hydrogen) atoms. The van der Waals surface area contributed by atoms with Crippen LogP contribution in [0.15, 0.2) is 54.6 Å². The lowest BCUT2D eigenvalue weighted by atomic mass is 9.89. The smallest absolute Gasteiger partial charge is 0.227 e. The minimum Gasteiger partial charge on any atom is -0.341 e. The average Bonchev–Trinajstić information content (AvgIpc) is 3.02. The first-order chi connectivity index (χ1) is 11.2. The van der Waals surface area contributed by atoms with Gasteiger partial charge in [0.05, 0.1) is 6.42 Å². The number of likely N-dealkylation sites (tertiary alicyclic amines) is 1. The first-order valence-electron chi connectivity index (χ1n) is 7.94. The van der Waals surface area contributed by atoms with Crippen LogP contribution in [-0.4, -0.2) is 30.4 Å². The van der Waals surface area contributed by atoms with E-state index in [1.807, 2.05) is 23.1 Å². The molecule has 2 atom stereocenters. The highest BCUT2D eigenvalue weighted by Crippen LogP contribution is 2.32. The van der Waals surface area contributed by atoms with Gasteiger partial charge in [0.25, 0.3) is 0 Å². The zero-order valence-electron chi connectivity index (χ0n) is 13.4. The third-order valence-corrected chi connectivity index (χ3v) is 4.59. The van der Waals surface area contributed by atoms with Crippen LogP contribution in [0, 0.1) is 11.7 Å². The number of hydrogen-bond donors (Lipinski definition) is 1. The maximum atomic E-state index is 13.0. The summed E-state index contributed by atoms with van der Waals surface area (Å²) in [7, 11) is 0. The zero-order chi connectivity index (χ0) is 16.2. The fourth-order valence-electron chi connectivity index (χ4n) is 3.28. The topological polar surface area (TPSA) is 46.3 Å². The van der Waals surface area contributed by atoms with Gasteiger partial charge in [0.1, 0.15) is 5.82 Å². The van der Waals surface area contributed by atoms with Crippen molar-refractivity contribution in [1.82, 2.24) is 4.90 Å². The fraction of sp³-hybridized carbons (Fsp3) is 0.316. The van der Waals surface area contributed by atoms with Gasteiger partial charge >= 0.3 is 0 Å². The van der Waals surface area contributed by atoms with Crippen molar-refractivity contribution < 1.29 is 9.18 Å². The molecular weight excluding hydrogens is 327 g/mol. The van der Waals surface area contributed by atoms with Gasteiger partial charge in [-0.15, -0.1) is 12.4 Å². The van der Waals surface area contributed by atoms with Gasteiger partial charge in [0.2, 0.25) is 5.91 Å². The molecule has 1 aliphatic heterocycles. The Kier molecular flexibility index (Phi) is 6.35. The number of halogens is 2. The summed E-state index contributed by atoms with van der Waals surface area (Å²) in [6.07, 6.45) is 0.305. The van der Waals surface area contributed by atoms with Crippen molar-refractivity contribution in [2.45, 2.75) is 12.3 Å². The highest BCUT2D eigenvalue weighted by molar-refractivity contribution is 5.85. The van der Waals surface area contributed by atoms with E-state index in [1.54, 1.807) is 12.1 Å². The summed E-state index contributed by atoms with van der Waals surface area (Å²) in [5.74, 6) is 0.371. The van der Waals surface area contributed by atoms with Crippen molar-refractivity contribution in [3.8, 4) is 0 Å². The maximum absolute atomic E-state index is 13.0. The molecule has 2 N–H and O–H groups in total. The van der Waals surface area contributed by atoms with Gasteiger partial charge in [0.15, 0.2) is 0 Å². The minimum absolute atomic E-state index is 0. The molecule has 0 saturated carbocycles. The largest absolute Gasteiger partial charge is 0.341 e. The molecule has 2 aromatic rings. The lowest BCUT2D eigenvalue weighted by molar-refractivity contribution is -0.129. The maximum Gasteiger partial charge on any atom is 0.227 e. The molecule has 0 unspecified atom stereocenters. The second-order valence-electron chi connectivity index (χ2n) is 6.11. The highest BCUT2D eigenvalue weighted by atomic mass is 35.5. The van der Waals surface area contributed by atoms with Gasteiger partial charge in [-0.2, -0.15) is 0 Å². The molecule has 1 fully saturated rings. The van der Waals surface area contributed by atoms with Crippen LogP contribution in [0.25, 0.3) is 0 Å². The van der Waals surface area contributed by atoms with Crippen LogP contribution >= 0.6 is 12.4 Å². The van der Waals surface area contributed by atoms with Crippen LogP contribution in [0.4, 0.5) is 4.39 Å². The lowest BCUT2D eigenvalue weighted by Gasteiger charge is -2.17. The van der Waals surface area contributed by atoms with Gasteiger partial charge < -0.3 is 10.6 Å². The van der Waals surface area contributed by atoms with E-state index in [9.17, 15) is 9.18 Å². The highest BCUT2D eigenvalue weighted by Gasteiger charge is 2.34. The molecule has 1 heterocycles. The average molecular weight is 349 g/mol. The Labute approximate surface area is 148 Å². The zero-order valence-corrected chi connectivity index (χ0v) is 14.2. The summed E-state index contributed by atoms with van der Waals surface area (Å²) in [6.45, 7) is 1.96. The van der Waals surface area contributed by atoms with Gasteiger partial charge in [-0.25, -0.2) is 4.39 Å². The van der Waals surface area contributed by atoms with Crippen LogP contribution < -0.4 is 5.73 Å². The Hall–Kier alpha value is -1.91. The molecule has 0 bridgehead atoms. The van der Waals surface area contributed by atoms with E-state index in [0.29, 0.717) is 32.0 Å². The van der Waals surface area contributed by atoms with Crippen molar-refractivity contribution in [3.63, 3.8) is 0 Å². The van der Waals surface area contributed by atoms with Gasteiger partial charge in [-0.05, 0) is 35.7 Å². The van der Waals surface area contributed by atoms with E-state index in [2.05, 4.69) is 12.1 Å².